The van der Waals surface area contributed by atoms with Crippen LogP contribution in [-0.2, 0) is 0 Å². The molecule has 0 saturated heterocycles. The summed E-state index contributed by atoms with van der Waals surface area (Å²) in [6, 6.07) is 1.50. The second-order valence-electron chi connectivity index (χ2n) is 6.34. The highest BCUT2D eigenvalue weighted by Crippen LogP contribution is 2.27. The van der Waals surface area contributed by atoms with E-state index in [9.17, 15) is 0 Å². The van der Waals surface area contributed by atoms with Crippen molar-refractivity contribution in [3.8, 4) is 0 Å². The average Bonchev–Trinajstić information content (AvgIpc) is 2.38. The Labute approximate surface area is 115 Å². The van der Waals surface area contributed by atoms with Crippen molar-refractivity contribution in [2.45, 2.75) is 77.8 Å². The summed E-state index contributed by atoms with van der Waals surface area (Å²) in [5.74, 6) is 0.956. The summed E-state index contributed by atoms with van der Waals surface area (Å²) in [4.78, 5) is 2.61. The summed E-state index contributed by atoms with van der Waals surface area (Å²) in [6.07, 6.45) is 9.65. The zero-order valence-corrected chi connectivity index (χ0v) is 13.0. The molecule has 0 aromatic rings. The highest BCUT2D eigenvalue weighted by atomic mass is 15.2. The van der Waals surface area contributed by atoms with Crippen molar-refractivity contribution in [1.29, 1.82) is 0 Å². The van der Waals surface area contributed by atoms with E-state index in [0.717, 1.165) is 18.5 Å². The van der Waals surface area contributed by atoms with Crippen molar-refractivity contribution in [1.82, 2.24) is 10.2 Å². The standard InChI is InChI=1S/C16H34N2/c1-5-6-7-12-17-13-15(3)18(4)16-10-8-14(2)9-11-16/h14-17H,5-13H2,1-4H3. The van der Waals surface area contributed by atoms with Gasteiger partial charge in [-0.3, -0.25) is 4.90 Å². The summed E-state index contributed by atoms with van der Waals surface area (Å²) >= 11 is 0. The fourth-order valence-corrected chi connectivity index (χ4v) is 2.96. The molecule has 0 aliphatic heterocycles. The summed E-state index contributed by atoms with van der Waals surface area (Å²) in [7, 11) is 2.32. The van der Waals surface area contributed by atoms with Crippen LogP contribution in [0.4, 0.5) is 0 Å². The highest BCUT2D eigenvalue weighted by Gasteiger charge is 2.24. The number of nitrogens with zero attached hydrogens (tertiary/aromatic N) is 1. The fourth-order valence-electron chi connectivity index (χ4n) is 2.96. The van der Waals surface area contributed by atoms with Crippen LogP contribution in [0.15, 0.2) is 0 Å². The number of nitrogens with one attached hydrogen (secondary N) is 1. The predicted molar refractivity (Wildman–Crippen MR) is 81.0 cm³/mol. The lowest BCUT2D eigenvalue weighted by Gasteiger charge is -2.37. The Morgan fingerprint density at radius 1 is 1.17 bits per heavy atom. The van der Waals surface area contributed by atoms with Crippen LogP contribution < -0.4 is 5.32 Å². The van der Waals surface area contributed by atoms with E-state index in [1.54, 1.807) is 0 Å². The van der Waals surface area contributed by atoms with Crippen LogP contribution in [-0.4, -0.2) is 37.1 Å². The van der Waals surface area contributed by atoms with E-state index >= 15 is 0 Å². The molecule has 0 aromatic carbocycles. The van der Waals surface area contributed by atoms with Crippen molar-refractivity contribution in [2.75, 3.05) is 20.1 Å². The van der Waals surface area contributed by atoms with Crippen molar-refractivity contribution in [3.63, 3.8) is 0 Å². The maximum Gasteiger partial charge on any atom is 0.0192 e. The molecule has 1 rings (SSSR count). The van der Waals surface area contributed by atoms with E-state index in [-0.39, 0.29) is 0 Å². The first-order chi connectivity index (χ1) is 8.65. The lowest BCUT2D eigenvalue weighted by Crippen LogP contribution is -2.45. The molecule has 18 heavy (non-hydrogen) atoms. The molecule has 1 aliphatic rings. The van der Waals surface area contributed by atoms with Crippen LogP contribution in [0.5, 0.6) is 0 Å². The Bertz CT molecular complexity index is 197. The smallest absolute Gasteiger partial charge is 0.0192 e. The third kappa shape index (κ3) is 5.71. The Kier molecular flexibility index (Phi) is 7.92. The van der Waals surface area contributed by atoms with Gasteiger partial charge in [-0.25, -0.2) is 0 Å². The lowest BCUT2D eigenvalue weighted by atomic mass is 9.86. The summed E-state index contributed by atoms with van der Waals surface area (Å²) < 4.78 is 0. The summed E-state index contributed by atoms with van der Waals surface area (Å²) in [5, 5.41) is 3.61. The fraction of sp³-hybridized carbons (Fsp3) is 1.00. The molecule has 0 spiro atoms. The van der Waals surface area contributed by atoms with Crippen LogP contribution in [0.2, 0.25) is 0 Å². The van der Waals surface area contributed by atoms with E-state index in [4.69, 9.17) is 0 Å². The van der Waals surface area contributed by atoms with Gasteiger partial charge in [0.25, 0.3) is 0 Å². The third-order valence-corrected chi connectivity index (χ3v) is 4.65. The van der Waals surface area contributed by atoms with E-state index in [0.29, 0.717) is 6.04 Å². The molecule has 2 nitrogen and oxygen atoms in total. The van der Waals surface area contributed by atoms with Gasteiger partial charge in [-0.15, -0.1) is 0 Å². The number of unbranched alkanes of at least 4 members (excludes halogenated alkanes) is 2. The van der Waals surface area contributed by atoms with E-state index in [2.05, 4.69) is 38.0 Å². The number of rotatable bonds is 8. The van der Waals surface area contributed by atoms with Gasteiger partial charge in [-0.05, 0) is 58.5 Å². The zero-order valence-electron chi connectivity index (χ0n) is 13.0. The Balaban J connectivity index is 2.14. The first kappa shape index (κ1) is 16.0. The molecule has 2 heteroatoms. The van der Waals surface area contributed by atoms with Gasteiger partial charge in [0.15, 0.2) is 0 Å². The van der Waals surface area contributed by atoms with Crippen LogP contribution in [0.25, 0.3) is 0 Å². The molecule has 108 valence electrons. The van der Waals surface area contributed by atoms with Crippen LogP contribution in [0, 0.1) is 5.92 Å². The largest absolute Gasteiger partial charge is 0.315 e. The van der Waals surface area contributed by atoms with Crippen LogP contribution >= 0.6 is 0 Å². The van der Waals surface area contributed by atoms with Crippen molar-refractivity contribution < 1.29 is 0 Å². The van der Waals surface area contributed by atoms with Crippen molar-refractivity contribution >= 4 is 0 Å². The average molecular weight is 254 g/mol. The van der Waals surface area contributed by atoms with E-state index in [1.807, 2.05) is 0 Å². The second kappa shape index (κ2) is 8.92. The van der Waals surface area contributed by atoms with Gasteiger partial charge in [-0.1, -0.05) is 26.7 Å². The van der Waals surface area contributed by atoms with Crippen LogP contribution in [0.3, 0.4) is 0 Å². The van der Waals surface area contributed by atoms with Crippen molar-refractivity contribution in [3.05, 3.63) is 0 Å². The van der Waals surface area contributed by atoms with E-state index < -0.39 is 0 Å². The quantitative estimate of drug-likeness (QED) is 0.665. The lowest BCUT2D eigenvalue weighted by molar-refractivity contribution is 0.130. The van der Waals surface area contributed by atoms with Crippen LogP contribution in [0.1, 0.15) is 65.7 Å². The molecule has 0 bridgehead atoms. The van der Waals surface area contributed by atoms with Gasteiger partial charge in [0.1, 0.15) is 0 Å². The molecule has 1 fully saturated rings. The maximum atomic E-state index is 3.61. The minimum absolute atomic E-state index is 0.671. The highest BCUT2D eigenvalue weighted by molar-refractivity contribution is 4.80. The van der Waals surface area contributed by atoms with Gasteiger partial charge in [0.05, 0.1) is 0 Å². The van der Waals surface area contributed by atoms with Crippen molar-refractivity contribution in [2.24, 2.45) is 5.92 Å². The number of hydrogen-bond acceptors (Lipinski definition) is 2. The third-order valence-electron chi connectivity index (χ3n) is 4.65. The minimum atomic E-state index is 0.671. The molecule has 1 unspecified atom stereocenters. The Morgan fingerprint density at radius 2 is 1.83 bits per heavy atom. The molecule has 0 heterocycles. The molecule has 0 aromatic heterocycles. The maximum absolute atomic E-state index is 3.61. The Hall–Kier alpha value is -0.0800. The Morgan fingerprint density at radius 3 is 2.44 bits per heavy atom. The first-order valence-corrected chi connectivity index (χ1v) is 8.07. The summed E-state index contributed by atoms with van der Waals surface area (Å²) in [5.41, 5.74) is 0. The van der Waals surface area contributed by atoms with Gasteiger partial charge in [0, 0.05) is 18.6 Å². The monoisotopic (exact) mass is 254 g/mol. The van der Waals surface area contributed by atoms with Gasteiger partial charge < -0.3 is 5.32 Å². The molecule has 1 aliphatic carbocycles. The molecular formula is C16H34N2. The zero-order chi connectivity index (χ0) is 13.4. The van der Waals surface area contributed by atoms with Gasteiger partial charge in [-0.2, -0.15) is 0 Å². The molecule has 1 N–H and O–H groups in total. The predicted octanol–water partition coefficient (Wildman–Crippen LogP) is 3.67. The molecule has 0 amide bonds. The topological polar surface area (TPSA) is 15.3 Å². The number of hydrogen-bond donors (Lipinski definition) is 1. The SMILES string of the molecule is CCCCCNCC(C)N(C)C1CCC(C)CC1. The molecule has 1 saturated carbocycles. The minimum Gasteiger partial charge on any atom is -0.315 e. The van der Waals surface area contributed by atoms with E-state index in [1.165, 1.54) is 51.5 Å². The van der Waals surface area contributed by atoms with Gasteiger partial charge >= 0.3 is 0 Å². The van der Waals surface area contributed by atoms with Gasteiger partial charge in [0.2, 0.25) is 0 Å². The first-order valence-electron chi connectivity index (χ1n) is 8.07. The number of likely N-dealkylation sites (N-methyl/N-ethyl adjacent to an activating group) is 1. The molecular weight excluding hydrogens is 220 g/mol. The second-order valence-corrected chi connectivity index (χ2v) is 6.34. The normalized spacial score (nSPS) is 26.5. The molecule has 0 radical (unpaired) electrons. The summed E-state index contributed by atoms with van der Waals surface area (Å²) in [6.45, 7) is 9.36. The molecule has 1 atom stereocenters.